The Bertz CT molecular complexity index is 713. The van der Waals surface area contributed by atoms with Gasteiger partial charge in [-0.25, -0.2) is 0 Å². The van der Waals surface area contributed by atoms with Crippen LogP contribution in [0.4, 0.5) is 0 Å². The molecule has 0 radical (unpaired) electrons. The molecule has 4 atom stereocenters. The van der Waals surface area contributed by atoms with Crippen molar-refractivity contribution in [1.82, 2.24) is 5.32 Å². The first-order valence-electron chi connectivity index (χ1n) is 6.77. The molecule has 2 aliphatic carbocycles. The van der Waals surface area contributed by atoms with Crippen LogP contribution in [0.2, 0.25) is 0 Å². The third-order valence-electron chi connectivity index (χ3n) is 4.38. The summed E-state index contributed by atoms with van der Waals surface area (Å²) in [5, 5.41) is 5.65. The summed E-state index contributed by atoms with van der Waals surface area (Å²) in [4.78, 5) is 12.2. The molecule has 1 amide bonds. The van der Waals surface area contributed by atoms with Crippen LogP contribution in [0.1, 0.15) is 0 Å². The number of hydrogen-bond acceptors (Lipinski definition) is 1. The van der Waals surface area contributed by atoms with Crippen LogP contribution in [-0.2, 0) is 4.79 Å². The van der Waals surface area contributed by atoms with Crippen LogP contribution in [0.25, 0.3) is 12.2 Å². The van der Waals surface area contributed by atoms with Gasteiger partial charge in [-0.05, 0) is 10.4 Å². The first-order chi connectivity index (χ1) is 9.33. The van der Waals surface area contributed by atoms with Crippen LogP contribution < -0.4 is 15.8 Å². The van der Waals surface area contributed by atoms with E-state index in [0.717, 1.165) is 0 Å². The van der Waals surface area contributed by atoms with Gasteiger partial charge in [0.15, 0.2) is 0 Å². The highest BCUT2D eigenvalue weighted by atomic mass is 16.2. The monoisotopic (exact) mass is 249 g/mol. The van der Waals surface area contributed by atoms with E-state index in [4.69, 9.17) is 0 Å². The number of fused-ring (bicyclic) bond motifs is 4. The molecule has 0 saturated carbocycles. The Balaban J connectivity index is 1.86. The second kappa shape index (κ2) is 3.95. The number of benzene rings is 1. The van der Waals surface area contributed by atoms with Gasteiger partial charge >= 0.3 is 0 Å². The summed E-state index contributed by atoms with van der Waals surface area (Å²) >= 11 is 0. The molecule has 0 unspecified atom stereocenters. The zero-order valence-electron chi connectivity index (χ0n) is 10.5. The number of nitrogens with one attached hydrogen (secondary N) is 1. The Labute approximate surface area is 111 Å². The van der Waals surface area contributed by atoms with E-state index in [1.54, 1.807) is 0 Å². The van der Waals surface area contributed by atoms with E-state index < -0.39 is 0 Å². The first kappa shape index (κ1) is 10.8. The predicted octanol–water partition coefficient (Wildman–Crippen LogP) is 0.734. The molecule has 4 rings (SSSR count). The number of hydrogen-bond donors (Lipinski definition) is 1. The van der Waals surface area contributed by atoms with Gasteiger partial charge in [0, 0.05) is 11.8 Å². The fourth-order valence-electron chi connectivity index (χ4n) is 3.43. The topological polar surface area (TPSA) is 29.1 Å². The zero-order valence-corrected chi connectivity index (χ0v) is 10.5. The third-order valence-corrected chi connectivity index (χ3v) is 4.38. The van der Waals surface area contributed by atoms with Crippen molar-refractivity contribution in [3.8, 4) is 0 Å². The highest BCUT2D eigenvalue weighted by molar-refractivity contribution is 5.84. The number of carbonyl (C=O) groups is 1. The van der Waals surface area contributed by atoms with Gasteiger partial charge in [-0.15, -0.1) is 0 Å². The normalized spacial score (nSPS) is 34.2. The van der Waals surface area contributed by atoms with E-state index in [2.05, 4.69) is 47.8 Å². The van der Waals surface area contributed by atoms with Crippen molar-refractivity contribution < 1.29 is 4.79 Å². The van der Waals surface area contributed by atoms with Crippen LogP contribution in [0.3, 0.4) is 0 Å². The summed E-state index contributed by atoms with van der Waals surface area (Å²) in [5.74, 6) is 0.782. The average molecular weight is 249 g/mol. The molecule has 94 valence electrons. The molecule has 1 aromatic rings. The summed E-state index contributed by atoms with van der Waals surface area (Å²) in [5.41, 5.74) is 0. The second-order valence-electron chi connectivity index (χ2n) is 5.45. The van der Waals surface area contributed by atoms with E-state index in [9.17, 15) is 4.79 Å². The lowest BCUT2D eigenvalue weighted by Crippen LogP contribution is -2.55. The van der Waals surface area contributed by atoms with Crippen molar-refractivity contribution in [3.05, 3.63) is 59.0 Å². The Morgan fingerprint density at radius 3 is 2.47 bits per heavy atom. The summed E-state index contributed by atoms with van der Waals surface area (Å²) in [6.07, 6.45) is 12.7. The molecule has 1 aromatic carbocycles. The minimum Gasteiger partial charge on any atom is -0.349 e. The quantitative estimate of drug-likeness (QED) is 0.722. The van der Waals surface area contributed by atoms with E-state index in [0.29, 0.717) is 5.92 Å². The molecule has 0 spiro atoms. The third kappa shape index (κ3) is 1.60. The number of carbonyl (C=O) groups excluding carboxylic acids is 1. The molecule has 1 fully saturated rings. The van der Waals surface area contributed by atoms with Crippen LogP contribution in [-0.4, -0.2) is 11.9 Å². The largest absolute Gasteiger partial charge is 0.349 e. The lowest BCUT2D eigenvalue weighted by atomic mass is 9.70. The SMILES string of the molecule is O=C1N[C@H]2C=c3ccccc3=C[C@@H]2[C@@H]2C=CC=C[C@H]12. The lowest BCUT2D eigenvalue weighted by Gasteiger charge is -2.40. The van der Waals surface area contributed by atoms with Crippen molar-refractivity contribution in [1.29, 1.82) is 0 Å². The summed E-state index contributed by atoms with van der Waals surface area (Å²) in [6, 6.07) is 8.49. The van der Waals surface area contributed by atoms with Crippen molar-refractivity contribution in [3.63, 3.8) is 0 Å². The van der Waals surface area contributed by atoms with Gasteiger partial charge in [0.25, 0.3) is 0 Å². The number of piperidine rings is 1. The molecule has 3 aliphatic rings. The van der Waals surface area contributed by atoms with Crippen molar-refractivity contribution in [2.24, 2.45) is 17.8 Å². The Hall–Kier alpha value is -2.09. The molecule has 0 aromatic heterocycles. The smallest absolute Gasteiger partial charge is 0.228 e. The number of allylic oxidation sites excluding steroid dienone is 3. The van der Waals surface area contributed by atoms with E-state index in [1.807, 2.05) is 18.2 Å². The van der Waals surface area contributed by atoms with Gasteiger partial charge in [-0.1, -0.05) is 60.7 Å². The summed E-state index contributed by atoms with van der Waals surface area (Å²) in [7, 11) is 0. The number of amides is 1. The van der Waals surface area contributed by atoms with Crippen LogP contribution in [0.5, 0.6) is 0 Å². The lowest BCUT2D eigenvalue weighted by molar-refractivity contribution is -0.127. The standard InChI is InChI=1S/C17H15NO/c19-17-14-8-4-3-7-13(14)15-9-11-5-1-2-6-12(11)10-16(15)18-17/h1-10,13-16H,(H,18,19)/t13-,14+,15-,16+/m1/s1. The summed E-state index contributed by atoms with van der Waals surface area (Å²) < 4.78 is 0. The van der Waals surface area contributed by atoms with Gasteiger partial charge in [-0.3, -0.25) is 4.79 Å². The molecule has 1 aliphatic heterocycles. The highest BCUT2D eigenvalue weighted by Crippen LogP contribution is 2.35. The van der Waals surface area contributed by atoms with Gasteiger partial charge in [0.05, 0.1) is 12.0 Å². The maximum absolute atomic E-state index is 12.2. The summed E-state index contributed by atoms with van der Waals surface area (Å²) in [6.45, 7) is 0. The van der Waals surface area contributed by atoms with E-state index in [1.165, 1.54) is 10.4 Å². The van der Waals surface area contributed by atoms with Crippen molar-refractivity contribution in [2.75, 3.05) is 0 Å². The van der Waals surface area contributed by atoms with E-state index in [-0.39, 0.29) is 23.8 Å². The van der Waals surface area contributed by atoms with Gasteiger partial charge < -0.3 is 5.32 Å². The molecule has 2 nitrogen and oxygen atoms in total. The fraction of sp³-hybridized carbons (Fsp3) is 0.235. The molecule has 1 N–H and O–H groups in total. The van der Waals surface area contributed by atoms with Gasteiger partial charge in [-0.2, -0.15) is 0 Å². The molecule has 19 heavy (non-hydrogen) atoms. The van der Waals surface area contributed by atoms with Crippen molar-refractivity contribution >= 4 is 18.1 Å². The van der Waals surface area contributed by atoms with Crippen LogP contribution in [0, 0.1) is 17.8 Å². The van der Waals surface area contributed by atoms with Crippen molar-refractivity contribution in [2.45, 2.75) is 6.04 Å². The molecule has 2 heteroatoms. The predicted molar refractivity (Wildman–Crippen MR) is 75.3 cm³/mol. The van der Waals surface area contributed by atoms with E-state index >= 15 is 0 Å². The second-order valence-corrected chi connectivity index (χ2v) is 5.45. The Morgan fingerprint density at radius 2 is 1.63 bits per heavy atom. The van der Waals surface area contributed by atoms with Gasteiger partial charge in [0.2, 0.25) is 5.91 Å². The molecular weight excluding hydrogens is 234 g/mol. The molecule has 0 bridgehead atoms. The highest BCUT2D eigenvalue weighted by Gasteiger charge is 2.40. The van der Waals surface area contributed by atoms with Gasteiger partial charge in [0.1, 0.15) is 0 Å². The Kier molecular flexibility index (Phi) is 2.25. The van der Waals surface area contributed by atoms with Crippen LogP contribution in [0.15, 0.2) is 48.6 Å². The maximum Gasteiger partial charge on any atom is 0.228 e. The fourth-order valence-corrected chi connectivity index (χ4v) is 3.43. The molecule has 1 saturated heterocycles. The maximum atomic E-state index is 12.2. The Morgan fingerprint density at radius 1 is 0.895 bits per heavy atom. The zero-order chi connectivity index (χ0) is 12.8. The molecular formula is C17H15NO. The minimum absolute atomic E-state index is 0.0128. The number of rotatable bonds is 0. The first-order valence-corrected chi connectivity index (χ1v) is 6.77. The van der Waals surface area contributed by atoms with Crippen LogP contribution >= 0.6 is 0 Å². The average Bonchev–Trinajstić information content (AvgIpc) is 2.46. The minimum atomic E-state index is -0.0128. The molecule has 1 heterocycles.